The lowest BCUT2D eigenvalue weighted by Gasteiger charge is -2.26. The molecule has 0 atom stereocenters. The molecule has 1 aliphatic rings. The Morgan fingerprint density at radius 1 is 1.20 bits per heavy atom. The van der Waals surface area contributed by atoms with Crippen molar-refractivity contribution in [1.82, 2.24) is 4.31 Å². The second kappa shape index (κ2) is 9.67. The van der Waals surface area contributed by atoms with Crippen molar-refractivity contribution in [3.63, 3.8) is 0 Å². The third kappa shape index (κ3) is 5.33. The number of nitriles is 1. The molecule has 0 aliphatic carbocycles. The van der Waals surface area contributed by atoms with E-state index in [1.165, 1.54) is 6.07 Å². The molecule has 3 rings (SSSR count). The summed E-state index contributed by atoms with van der Waals surface area (Å²) in [6.07, 6.45) is 0.279. The van der Waals surface area contributed by atoms with Gasteiger partial charge in [-0.3, -0.25) is 4.79 Å². The van der Waals surface area contributed by atoms with Gasteiger partial charge in [0.25, 0.3) is 5.91 Å². The van der Waals surface area contributed by atoms with Crippen molar-refractivity contribution in [3.05, 3.63) is 53.8 Å². The van der Waals surface area contributed by atoms with Crippen LogP contribution in [0, 0.1) is 17.1 Å². The Balaban J connectivity index is 1.64. The van der Waals surface area contributed by atoms with Gasteiger partial charge in [-0.15, -0.1) is 0 Å². The number of amides is 1. The number of nitrogens with one attached hydrogen (secondary N) is 1. The number of sulfonamides is 1. The zero-order chi connectivity index (χ0) is 21.6. The number of carbonyl (C=O) groups excluding carboxylic acids is 1. The van der Waals surface area contributed by atoms with Gasteiger partial charge in [0.05, 0.1) is 25.7 Å². The fourth-order valence-corrected chi connectivity index (χ4v) is 4.34. The number of nitrogens with zero attached hydrogens (tertiary/aromatic N) is 2. The van der Waals surface area contributed by atoms with Crippen LogP contribution in [-0.4, -0.2) is 51.5 Å². The van der Waals surface area contributed by atoms with Crippen LogP contribution in [0.1, 0.15) is 5.56 Å². The molecular weight excluding hydrogens is 413 g/mol. The summed E-state index contributed by atoms with van der Waals surface area (Å²) in [6.45, 7) is 0.442. The van der Waals surface area contributed by atoms with Gasteiger partial charge in [0.15, 0.2) is 6.61 Å². The van der Waals surface area contributed by atoms with Crippen LogP contribution >= 0.6 is 0 Å². The standard InChI is InChI=1S/C20H20FN3O5S/c21-18-6-3-16(13-19(18)30(26,27)24-9-11-28-12-10-24)23-20(25)14-29-17-4-1-15(2-5-17)7-8-22/h1-6,13H,7,9-12,14H2,(H,23,25). The highest BCUT2D eigenvalue weighted by molar-refractivity contribution is 7.89. The Morgan fingerprint density at radius 2 is 1.90 bits per heavy atom. The number of hydrogen-bond donors (Lipinski definition) is 1. The van der Waals surface area contributed by atoms with Crippen LogP contribution in [0.15, 0.2) is 47.4 Å². The van der Waals surface area contributed by atoms with E-state index in [4.69, 9.17) is 14.7 Å². The maximum absolute atomic E-state index is 14.2. The Labute approximate surface area is 173 Å². The minimum Gasteiger partial charge on any atom is -0.484 e. The molecule has 0 saturated carbocycles. The predicted molar refractivity (Wildman–Crippen MR) is 106 cm³/mol. The van der Waals surface area contributed by atoms with Crippen LogP contribution in [0.5, 0.6) is 5.75 Å². The average molecular weight is 433 g/mol. The number of morpholine rings is 1. The lowest BCUT2D eigenvalue weighted by atomic mass is 10.2. The number of ether oxygens (including phenoxy) is 2. The number of rotatable bonds is 7. The summed E-state index contributed by atoms with van der Waals surface area (Å²) in [7, 11) is -4.04. The summed E-state index contributed by atoms with van der Waals surface area (Å²) in [4.78, 5) is 11.6. The van der Waals surface area contributed by atoms with Gasteiger partial charge < -0.3 is 14.8 Å². The molecule has 1 fully saturated rings. The van der Waals surface area contributed by atoms with E-state index in [1.807, 2.05) is 6.07 Å². The maximum atomic E-state index is 14.2. The minimum atomic E-state index is -4.04. The first-order valence-corrected chi connectivity index (χ1v) is 10.6. The van der Waals surface area contributed by atoms with Crippen molar-refractivity contribution in [3.8, 4) is 11.8 Å². The van der Waals surface area contributed by atoms with Gasteiger partial charge in [0, 0.05) is 18.8 Å². The lowest BCUT2D eigenvalue weighted by molar-refractivity contribution is -0.118. The fraction of sp³-hybridized carbons (Fsp3) is 0.300. The summed E-state index contributed by atoms with van der Waals surface area (Å²) in [5.74, 6) is -0.979. The molecule has 8 nitrogen and oxygen atoms in total. The summed E-state index contributed by atoms with van der Waals surface area (Å²) < 4.78 is 51.3. The molecule has 0 bridgehead atoms. The highest BCUT2D eigenvalue weighted by atomic mass is 32.2. The van der Waals surface area contributed by atoms with E-state index in [0.717, 1.165) is 22.0 Å². The lowest BCUT2D eigenvalue weighted by Crippen LogP contribution is -2.40. The van der Waals surface area contributed by atoms with Gasteiger partial charge in [-0.2, -0.15) is 9.57 Å². The summed E-state index contributed by atoms with van der Waals surface area (Å²) >= 11 is 0. The van der Waals surface area contributed by atoms with Gasteiger partial charge in [0.2, 0.25) is 10.0 Å². The molecule has 1 aliphatic heterocycles. The van der Waals surface area contributed by atoms with E-state index in [9.17, 15) is 17.6 Å². The van der Waals surface area contributed by atoms with Crippen molar-refractivity contribution >= 4 is 21.6 Å². The predicted octanol–water partition coefficient (Wildman–Crippen LogP) is 1.93. The number of anilines is 1. The van der Waals surface area contributed by atoms with Gasteiger partial charge in [-0.25, -0.2) is 12.8 Å². The molecule has 10 heteroatoms. The second-order valence-corrected chi connectivity index (χ2v) is 8.38. The molecule has 30 heavy (non-hydrogen) atoms. The molecular formula is C20H20FN3O5S. The fourth-order valence-electron chi connectivity index (χ4n) is 2.85. The first kappa shape index (κ1) is 21.7. The number of carbonyl (C=O) groups is 1. The quantitative estimate of drug-likeness (QED) is 0.715. The van der Waals surface area contributed by atoms with Crippen molar-refractivity contribution in [1.29, 1.82) is 5.26 Å². The van der Waals surface area contributed by atoms with Crippen LogP contribution in [0.4, 0.5) is 10.1 Å². The van der Waals surface area contributed by atoms with E-state index in [-0.39, 0.29) is 45.0 Å². The zero-order valence-electron chi connectivity index (χ0n) is 16.0. The Bertz CT molecular complexity index is 1050. The van der Waals surface area contributed by atoms with E-state index in [0.29, 0.717) is 5.75 Å². The molecule has 0 aromatic heterocycles. The van der Waals surface area contributed by atoms with Crippen LogP contribution in [0.2, 0.25) is 0 Å². The number of hydrogen-bond acceptors (Lipinski definition) is 6. The first-order chi connectivity index (χ1) is 14.4. The molecule has 0 radical (unpaired) electrons. The SMILES string of the molecule is N#CCc1ccc(OCC(=O)Nc2ccc(F)c(S(=O)(=O)N3CCOCC3)c2)cc1. The first-order valence-electron chi connectivity index (χ1n) is 9.16. The summed E-state index contributed by atoms with van der Waals surface area (Å²) in [5, 5.41) is 11.2. The highest BCUT2D eigenvalue weighted by Crippen LogP contribution is 2.24. The van der Waals surface area contributed by atoms with Crippen LogP contribution in [0.25, 0.3) is 0 Å². The molecule has 1 heterocycles. The maximum Gasteiger partial charge on any atom is 0.262 e. The minimum absolute atomic E-state index is 0.138. The van der Waals surface area contributed by atoms with E-state index >= 15 is 0 Å². The van der Waals surface area contributed by atoms with Crippen LogP contribution in [-0.2, 0) is 26.0 Å². The average Bonchev–Trinajstić information content (AvgIpc) is 2.75. The molecule has 1 N–H and O–H groups in total. The Kier molecular flexibility index (Phi) is 6.99. The van der Waals surface area contributed by atoms with Crippen LogP contribution in [0.3, 0.4) is 0 Å². The van der Waals surface area contributed by atoms with Gasteiger partial charge in [0.1, 0.15) is 16.5 Å². The van der Waals surface area contributed by atoms with E-state index < -0.39 is 26.6 Å². The van der Waals surface area contributed by atoms with Gasteiger partial charge in [-0.05, 0) is 35.9 Å². The largest absolute Gasteiger partial charge is 0.484 e. The molecule has 1 saturated heterocycles. The molecule has 158 valence electrons. The van der Waals surface area contributed by atoms with Crippen molar-refractivity contribution < 1.29 is 27.1 Å². The number of halogens is 1. The van der Waals surface area contributed by atoms with Gasteiger partial charge >= 0.3 is 0 Å². The Hall–Kier alpha value is -3.00. The van der Waals surface area contributed by atoms with Crippen molar-refractivity contribution in [2.75, 3.05) is 38.2 Å². The topological polar surface area (TPSA) is 109 Å². The van der Waals surface area contributed by atoms with Crippen molar-refractivity contribution in [2.45, 2.75) is 11.3 Å². The summed E-state index contributed by atoms with van der Waals surface area (Å²) in [5.41, 5.74) is 0.968. The molecule has 0 spiro atoms. The van der Waals surface area contributed by atoms with E-state index in [2.05, 4.69) is 5.32 Å². The smallest absolute Gasteiger partial charge is 0.262 e. The molecule has 2 aromatic carbocycles. The molecule has 2 aromatic rings. The highest BCUT2D eigenvalue weighted by Gasteiger charge is 2.29. The molecule has 0 unspecified atom stereocenters. The summed E-state index contributed by atoms with van der Waals surface area (Å²) in [6, 6.07) is 12.1. The number of benzene rings is 2. The zero-order valence-corrected chi connectivity index (χ0v) is 16.8. The van der Waals surface area contributed by atoms with Crippen LogP contribution < -0.4 is 10.1 Å². The second-order valence-electron chi connectivity index (χ2n) is 6.48. The third-order valence-electron chi connectivity index (χ3n) is 4.38. The normalized spacial score (nSPS) is 14.7. The van der Waals surface area contributed by atoms with E-state index in [1.54, 1.807) is 24.3 Å². The Morgan fingerprint density at radius 3 is 2.57 bits per heavy atom. The molecule has 1 amide bonds. The monoisotopic (exact) mass is 433 g/mol. The van der Waals surface area contributed by atoms with Crippen molar-refractivity contribution in [2.24, 2.45) is 0 Å². The van der Waals surface area contributed by atoms with Gasteiger partial charge in [-0.1, -0.05) is 12.1 Å². The third-order valence-corrected chi connectivity index (χ3v) is 6.29.